The highest BCUT2D eigenvalue weighted by Crippen LogP contribution is 2.11. The molecule has 0 aliphatic rings. The number of hydrogen-bond acceptors (Lipinski definition) is 5. The lowest BCUT2D eigenvalue weighted by Gasteiger charge is -2.07. The van der Waals surface area contributed by atoms with Crippen molar-refractivity contribution in [1.29, 1.82) is 0 Å². The molecule has 0 radical (unpaired) electrons. The van der Waals surface area contributed by atoms with Gasteiger partial charge in [-0.1, -0.05) is 0 Å². The van der Waals surface area contributed by atoms with Crippen LogP contribution in [0, 0.1) is 0 Å². The summed E-state index contributed by atoms with van der Waals surface area (Å²) in [5.74, 6) is 0.558. The molecular weight excluding hydrogens is 280 g/mol. The van der Waals surface area contributed by atoms with Crippen molar-refractivity contribution in [3.8, 4) is 0 Å². The van der Waals surface area contributed by atoms with Crippen molar-refractivity contribution in [2.24, 2.45) is 0 Å². The zero-order chi connectivity index (χ0) is 15.6. The number of aliphatic hydroxyl groups is 1. The van der Waals surface area contributed by atoms with E-state index in [1.54, 1.807) is 30.6 Å². The van der Waals surface area contributed by atoms with E-state index in [4.69, 9.17) is 5.11 Å². The molecule has 2 aromatic rings. The lowest BCUT2D eigenvalue weighted by atomic mass is 10.2. The number of anilines is 2. The average molecular weight is 300 g/mol. The fourth-order valence-electron chi connectivity index (χ4n) is 1.90. The van der Waals surface area contributed by atoms with Gasteiger partial charge in [-0.2, -0.15) is 0 Å². The third-order valence-electron chi connectivity index (χ3n) is 3.09. The molecule has 22 heavy (non-hydrogen) atoms. The largest absolute Gasteiger partial charge is 0.396 e. The van der Waals surface area contributed by atoms with Crippen molar-refractivity contribution in [2.45, 2.75) is 19.3 Å². The maximum absolute atomic E-state index is 12.0. The van der Waals surface area contributed by atoms with Crippen LogP contribution in [0.25, 0.3) is 0 Å². The Hall–Kier alpha value is -2.47. The Balaban J connectivity index is 1.80. The van der Waals surface area contributed by atoms with Crippen molar-refractivity contribution < 1.29 is 9.90 Å². The Kier molecular flexibility index (Phi) is 6.32. The Bertz CT molecular complexity index is 572. The van der Waals surface area contributed by atoms with E-state index in [1.165, 1.54) is 6.20 Å². The minimum absolute atomic E-state index is 0.209. The van der Waals surface area contributed by atoms with Crippen LogP contribution >= 0.6 is 0 Å². The molecule has 2 heterocycles. The molecule has 0 aliphatic carbocycles. The van der Waals surface area contributed by atoms with Gasteiger partial charge in [0.25, 0.3) is 5.91 Å². The normalized spacial score (nSPS) is 10.2. The second kappa shape index (κ2) is 8.74. The van der Waals surface area contributed by atoms with Gasteiger partial charge in [0.15, 0.2) is 0 Å². The molecule has 0 spiro atoms. The quantitative estimate of drug-likeness (QED) is 0.651. The van der Waals surface area contributed by atoms with Gasteiger partial charge in [0.2, 0.25) is 0 Å². The molecule has 0 aliphatic heterocycles. The summed E-state index contributed by atoms with van der Waals surface area (Å²) < 4.78 is 0. The maximum Gasteiger partial charge on any atom is 0.257 e. The zero-order valence-electron chi connectivity index (χ0n) is 12.3. The number of carbonyl (C=O) groups excluding carboxylic acids is 1. The molecule has 2 aromatic heterocycles. The van der Waals surface area contributed by atoms with Crippen LogP contribution in [0.3, 0.4) is 0 Å². The molecule has 6 heteroatoms. The number of amides is 1. The smallest absolute Gasteiger partial charge is 0.257 e. The van der Waals surface area contributed by atoms with E-state index in [0.29, 0.717) is 11.3 Å². The standard InChI is InChI=1S/C16H20N4O2/c21-10-3-1-2-9-18-15-7-6-14(12-19-15)20-16(22)13-5-4-8-17-11-13/h4-8,11-12,21H,1-3,9-10H2,(H,18,19)(H,20,22). The summed E-state index contributed by atoms with van der Waals surface area (Å²) in [7, 11) is 0. The summed E-state index contributed by atoms with van der Waals surface area (Å²) in [5, 5.41) is 14.7. The number of nitrogens with one attached hydrogen (secondary N) is 2. The van der Waals surface area contributed by atoms with E-state index < -0.39 is 0 Å². The molecule has 0 atom stereocenters. The molecule has 0 unspecified atom stereocenters. The van der Waals surface area contributed by atoms with E-state index in [1.807, 2.05) is 6.07 Å². The van der Waals surface area contributed by atoms with Crippen LogP contribution in [0.1, 0.15) is 29.6 Å². The van der Waals surface area contributed by atoms with E-state index in [0.717, 1.165) is 31.6 Å². The summed E-state index contributed by atoms with van der Waals surface area (Å²) in [5.41, 5.74) is 1.15. The molecular formula is C16H20N4O2. The second-order valence-corrected chi connectivity index (χ2v) is 4.84. The predicted octanol–water partition coefficient (Wildman–Crippen LogP) is 2.30. The van der Waals surface area contributed by atoms with Crippen molar-refractivity contribution in [3.05, 3.63) is 48.4 Å². The first-order valence-electron chi connectivity index (χ1n) is 7.32. The monoisotopic (exact) mass is 300 g/mol. The van der Waals surface area contributed by atoms with Crippen LogP contribution < -0.4 is 10.6 Å². The first kappa shape index (κ1) is 15.9. The van der Waals surface area contributed by atoms with Crippen LogP contribution in [0.2, 0.25) is 0 Å². The molecule has 0 bridgehead atoms. The Morgan fingerprint density at radius 1 is 1.14 bits per heavy atom. The molecule has 2 rings (SSSR count). The average Bonchev–Trinajstić information content (AvgIpc) is 2.57. The fourth-order valence-corrected chi connectivity index (χ4v) is 1.90. The summed E-state index contributed by atoms with van der Waals surface area (Å²) in [6.45, 7) is 1.05. The highest BCUT2D eigenvalue weighted by Gasteiger charge is 2.05. The van der Waals surface area contributed by atoms with Crippen LogP contribution in [0.5, 0.6) is 0 Å². The van der Waals surface area contributed by atoms with Crippen LogP contribution in [-0.4, -0.2) is 34.1 Å². The number of unbranched alkanes of at least 4 members (excludes halogenated alkanes) is 2. The second-order valence-electron chi connectivity index (χ2n) is 4.84. The number of aliphatic hydroxyl groups excluding tert-OH is 1. The summed E-state index contributed by atoms with van der Waals surface area (Å²) in [6.07, 6.45) is 7.56. The van der Waals surface area contributed by atoms with Gasteiger partial charge in [-0.05, 0) is 43.5 Å². The molecule has 0 fully saturated rings. The molecule has 116 valence electrons. The molecule has 6 nitrogen and oxygen atoms in total. The highest BCUT2D eigenvalue weighted by atomic mass is 16.2. The van der Waals surface area contributed by atoms with Crippen LogP contribution in [0.4, 0.5) is 11.5 Å². The van der Waals surface area contributed by atoms with Gasteiger partial charge in [-0.15, -0.1) is 0 Å². The summed E-state index contributed by atoms with van der Waals surface area (Å²) in [6, 6.07) is 7.05. The lowest BCUT2D eigenvalue weighted by Crippen LogP contribution is -2.12. The van der Waals surface area contributed by atoms with Gasteiger partial charge in [-0.3, -0.25) is 9.78 Å². The van der Waals surface area contributed by atoms with Crippen LogP contribution in [0.15, 0.2) is 42.9 Å². The molecule has 0 aromatic carbocycles. The van der Waals surface area contributed by atoms with Gasteiger partial charge in [0, 0.05) is 25.5 Å². The van der Waals surface area contributed by atoms with E-state index >= 15 is 0 Å². The number of carbonyl (C=O) groups is 1. The molecule has 3 N–H and O–H groups in total. The predicted molar refractivity (Wildman–Crippen MR) is 85.9 cm³/mol. The number of nitrogens with zero attached hydrogens (tertiary/aromatic N) is 2. The van der Waals surface area contributed by atoms with Gasteiger partial charge < -0.3 is 15.7 Å². The minimum Gasteiger partial charge on any atom is -0.396 e. The van der Waals surface area contributed by atoms with Crippen LogP contribution in [-0.2, 0) is 0 Å². The lowest BCUT2D eigenvalue weighted by molar-refractivity contribution is 0.102. The molecule has 0 saturated carbocycles. The minimum atomic E-state index is -0.209. The number of aromatic nitrogens is 2. The molecule has 1 amide bonds. The summed E-state index contributed by atoms with van der Waals surface area (Å²) in [4.78, 5) is 20.1. The van der Waals surface area contributed by atoms with Crippen molar-refractivity contribution in [2.75, 3.05) is 23.8 Å². The maximum atomic E-state index is 12.0. The van der Waals surface area contributed by atoms with Gasteiger partial charge in [-0.25, -0.2) is 4.98 Å². The zero-order valence-corrected chi connectivity index (χ0v) is 12.3. The Morgan fingerprint density at radius 2 is 2.05 bits per heavy atom. The van der Waals surface area contributed by atoms with Gasteiger partial charge >= 0.3 is 0 Å². The van der Waals surface area contributed by atoms with E-state index in [2.05, 4.69) is 20.6 Å². The molecule has 0 saturated heterocycles. The third kappa shape index (κ3) is 5.14. The topological polar surface area (TPSA) is 87.1 Å². The SMILES string of the molecule is O=C(Nc1ccc(NCCCCCO)nc1)c1cccnc1. The van der Waals surface area contributed by atoms with Gasteiger partial charge in [0.1, 0.15) is 5.82 Å². The summed E-state index contributed by atoms with van der Waals surface area (Å²) >= 11 is 0. The first-order valence-corrected chi connectivity index (χ1v) is 7.32. The number of hydrogen-bond donors (Lipinski definition) is 3. The Morgan fingerprint density at radius 3 is 2.73 bits per heavy atom. The van der Waals surface area contributed by atoms with Crippen molar-refractivity contribution in [1.82, 2.24) is 9.97 Å². The van der Waals surface area contributed by atoms with Crippen molar-refractivity contribution >= 4 is 17.4 Å². The first-order chi connectivity index (χ1) is 10.8. The van der Waals surface area contributed by atoms with Crippen molar-refractivity contribution in [3.63, 3.8) is 0 Å². The fraction of sp³-hybridized carbons (Fsp3) is 0.312. The van der Waals surface area contributed by atoms with Gasteiger partial charge in [0.05, 0.1) is 17.4 Å². The third-order valence-corrected chi connectivity index (χ3v) is 3.09. The van der Waals surface area contributed by atoms with E-state index in [-0.39, 0.29) is 12.5 Å². The number of rotatable bonds is 8. The van der Waals surface area contributed by atoms with E-state index in [9.17, 15) is 4.79 Å². The number of pyridine rings is 2. The Labute approximate surface area is 129 Å². The highest BCUT2D eigenvalue weighted by molar-refractivity contribution is 6.03.